The van der Waals surface area contributed by atoms with Gasteiger partial charge in [-0.05, 0) is 38.1 Å². The van der Waals surface area contributed by atoms with E-state index in [-0.39, 0.29) is 11.9 Å². The van der Waals surface area contributed by atoms with Gasteiger partial charge in [0.1, 0.15) is 5.82 Å². The van der Waals surface area contributed by atoms with Gasteiger partial charge in [0.05, 0.1) is 11.7 Å². The summed E-state index contributed by atoms with van der Waals surface area (Å²) in [6, 6.07) is 6.51. The molecule has 0 spiro atoms. The van der Waals surface area contributed by atoms with Crippen LogP contribution in [0.15, 0.2) is 30.5 Å². The molecular weight excluding hydrogens is 217 g/mol. The minimum absolute atomic E-state index is 0.147. The maximum absolute atomic E-state index is 12.8. The molecule has 90 valence electrons. The molecule has 17 heavy (non-hydrogen) atoms. The maximum atomic E-state index is 12.8. The van der Waals surface area contributed by atoms with Crippen molar-refractivity contribution < 1.29 is 4.39 Å². The van der Waals surface area contributed by atoms with Crippen LogP contribution in [0.5, 0.6) is 0 Å². The van der Waals surface area contributed by atoms with Gasteiger partial charge in [-0.2, -0.15) is 5.10 Å². The Kier molecular flexibility index (Phi) is 3.13. The Bertz CT molecular complexity index is 502. The van der Waals surface area contributed by atoms with Gasteiger partial charge in [0.25, 0.3) is 0 Å². The van der Waals surface area contributed by atoms with Crippen LogP contribution in [0.1, 0.15) is 24.2 Å². The molecule has 2 rings (SSSR count). The number of benzene rings is 1. The lowest BCUT2D eigenvalue weighted by molar-refractivity contribution is 0.628. The van der Waals surface area contributed by atoms with Gasteiger partial charge in [-0.1, -0.05) is 0 Å². The van der Waals surface area contributed by atoms with Crippen LogP contribution >= 0.6 is 0 Å². The molecule has 0 bridgehead atoms. The molecule has 0 aliphatic heterocycles. The number of nitrogens with one attached hydrogen (secondary N) is 1. The van der Waals surface area contributed by atoms with E-state index < -0.39 is 0 Å². The van der Waals surface area contributed by atoms with E-state index in [2.05, 4.69) is 17.3 Å². The van der Waals surface area contributed by atoms with E-state index in [1.165, 1.54) is 12.1 Å². The highest BCUT2D eigenvalue weighted by molar-refractivity contribution is 5.45. The molecule has 0 aliphatic rings. The third-order valence-corrected chi connectivity index (χ3v) is 2.75. The van der Waals surface area contributed by atoms with Gasteiger partial charge < -0.3 is 5.32 Å². The number of anilines is 1. The predicted molar refractivity (Wildman–Crippen MR) is 66.4 cm³/mol. The number of aryl methyl sites for hydroxylation is 2. The molecule has 0 fully saturated rings. The summed E-state index contributed by atoms with van der Waals surface area (Å²) in [5.41, 5.74) is 3.06. The van der Waals surface area contributed by atoms with Gasteiger partial charge in [-0.3, -0.25) is 4.68 Å². The SMILES string of the molecule is Cc1nn(C)cc1C(C)Nc1ccc(F)cc1. The number of halogens is 1. The first-order valence-corrected chi connectivity index (χ1v) is 5.58. The second-order valence-electron chi connectivity index (χ2n) is 4.22. The predicted octanol–water partition coefficient (Wildman–Crippen LogP) is 3.04. The standard InChI is InChI=1S/C13H16FN3/c1-9(13-8-17(3)16-10(13)2)15-12-6-4-11(14)5-7-12/h4-9,15H,1-3H3. The fraction of sp³-hybridized carbons (Fsp3) is 0.308. The van der Waals surface area contributed by atoms with Crippen molar-refractivity contribution in [3.63, 3.8) is 0 Å². The van der Waals surface area contributed by atoms with Crippen LogP contribution in [-0.2, 0) is 7.05 Å². The Morgan fingerprint density at radius 3 is 2.47 bits per heavy atom. The zero-order valence-electron chi connectivity index (χ0n) is 10.2. The number of hydrogen-bond donors (Lipinski definition) is 1. The summed E-state index contributed by atoms with van der Waals surface area (Å²) in [7, 11) is 1.90. The fourth-order valence-electron chi connectivity index (χ4n) is 1.92. The summed E-state index contributed by atoms with van der Waals surface area (Å²) < 4.78 is 14.6. The molecule has 0 saturated heterocycles. The smallest absolute Gasteiger partial charge is 0.123 e. The Morgan fingerprint density at radius 2 is 1.94 bits per heavy atom. The second-order valence-corrected chi connectivity index (χ2v) is 4.22. The number of rotatable bonds is 3. The van der Waals surface area contributed by atoms with E-state index in [4.69, 9.17) is 0 Å². The Labute approximate surface area is 100 Å². The monoisotopic (exact) mass is 233 g/mol. The van der Waals surface area contributed by atoms with E-state index in [0.717, 1.165) is 16.9 Å². The first kappa shape index (κ1) is 11.6. The molecular formula is C13H16FN3. The Hall–Kier alpha value is -1.84. The van der Waals surface area contributed by atoms with E-state index >= 15 is 0 Å². The molecule has 2 aromatic rings. The summed E-state index contributed by atoms with van der Waals surface area (Å²) in [6.07, 6.45) is 2.00. The van der Waals surface area contributed by atoms with Crippen LogP contribution in [0.2, 0.25) is 0 Å². The molecule has 1 aromatic carbocycles. The first-order chi connectivity index (χ1) is 8.06. The van der Waals surface area contributed by atoms with Crippen molar-refractivity contribution in [1.82, 2.24) is 9.78 Å². The number of aromatic nitrogens is 2. The average Bonchev–Trinajstić information content (AvgIpc) is 2.61. The molecule has 0 amide bonds. The molecule has 0 aliphatic carbocycles. The Morgan fingerprint density at radius 1 is 1.29 bits per heavy atom. The Balaban J connectivity index is 2.14. The normalized spacial score (nSPS) is 12.5. The van der Waals surface area contributed by atoms with Crippen molar-refractivity contribution in [3.05, 3.63) is 47.5 Å². The minimum atomic E-state index is -0.222. The maximum Gasteiger partial charge on any atom is 0.123 e. The van der Waals surface area contributed by atoms with Crippen LogP contribution in [0.4, 0.5) is 10.1 Å². The van der Waals surface area contributed by atoms with Crippen molar-refractivity contribution in [2.24, 2.45) is 7.05 Å². The van der Waals surface area contributed by atoms with Gasteiger partial charge in [-0.15, -0.1) is 0 Å². The summed E-state index contributed by atoms with van der Waals surface area (Å²) in [5, 5.41) is 7.62. The van der Waals surface area contributed by atoms with Crippen molar-refractivity contribution >= 4 is 5.69 Å². The zero-order valence-corrected chi connectivity index (χ0v) is 10.2. The highest BCUT2D eigenvalue weighted by Crippen LogP contribution is 2.21. The van der Waals surface area contributed by atoms with Gasteiger partial charge in [0.2, 0.25) is 0 Å². The highest BCUT2D eigenvalue weighted by Gasteiger charge is 2.11. The lowest BCUT2D eigenvalue weighted by Gasteiger charge is -2.14. The van der Waals surface area contributed by atoms with Gasteiger partial charge in [0, 0.05) is 24.5 Å². The van der Waals surface area contributed by atoms with E-state index in [0.29, 0.717) is 0 Å². The lowest BCUT2D eigenvalue weighted by atomic mass is 10.1. The molecule has 1 aromatic heterocycles. The summed E-state index contributed by atoms with van der Waals surface area (Å²) in [4.78, 5) is 0. The molecule has 0 radical (unpaired) electrons. The first-order valence-electron chi connectivity index (χ1n) is 5.58. The molecule has 1 heterocycles. The van der Waals surface area contributed by atoms with Crippen molar-refractivity contribution in [2.45, 2.75) is 19.9 Å². The summed E-state index contributed by atoms with van der Waals surface area (Å²) in [6.45, 7) is 4.05. The number of nitrogens with zero attached hydrogens (tertiary/aromatic N) is 2. The third-order valence-electron chi connectivity index (χ3n) is 2.75. The molecule has 4 heteroatoms. The number of hydrogen-bond acceptors (Lipinski definition) is 2. The van der Waals surface area contributed by atoms with Crippen LogP contribution in [0.3, 0.4) is 0 Å². The van der Waals surface area contributed by atoms with Crippen LogP contribution in [0, 0.1) is 12.7 Å². The fourth-order valence-corrected chi connectivity index (χ4v) is 1.92. The van der Waals surface area contributed by atoms with Crippen LogP contribution in [0.25, 0.3) is 0 Å². The summed E-state index contributed by atoms with van der Waals surface area (Å²) >= 11 is 0. The third kappa shape index (κ3) is 2.64. The highest BCUT2D eigenvalue weighted by atomic mass is 19.1. The largest absolute Gasteiger partial charge is 0.378 e. The van der Waals surface area contributed by atoms with Crippen molar-refractivity contribution in [3.8, 4) is 0 Å². The molecule has 1 unspecified atom stereocenters. The minimum Gasteiger partial charge on any atom is -0.378 e. The molecule has 1 N–H and O–H groups in total. The van der Waals surface area contributed by atoms with Crippen molar-refractivity contribution in [1.29, 1.82) is 0 Å². The molecule has 1 atom stereocenters. The van der Waals surface area contributed by atoms with E-state index in [1.807, 2.05) is 20.2 Å². The lowest BCUT2D eigenvalue weighted by Crippen LogP contribution is -2.06. The van der Waals surface area contributed by atoms with Crippen LogP contribution < -0.4 is 5.32 Å². The quantitative estimate of drug-likeness (QED) is 0.883. The zero-order chi connectivity index (χ0) is 12.4. The molecule has 3 nitrogen and oxygen atoms in total. The van der Waals surface area contributed by atoms with E-state index in [9.17, 15) is 4.39 Å². The van der Waals surface area contributed by atoms with Crippen LogP contribution in [-0.4, -0.2) is 9.78 Å². The summed E-state index contributed by atoms with van der Waals surface area (Å²) in [5.74, 6) is -0.222. The second kappa shape index (κ2) is 4.57. The van der Waals surface area contributed by atoms with Gasteiger partial charge >= 0.3 is 0 Å². The molecule has 0 saturated carbocycles. The van der Waals surface area contributed by atoms with Gasteiger partial charge in [0.15, 0.2) is 0 Å². The topological polar surface area (TPSA) is 29.9 Å². The van der Waals surface area contributed by atoms with Gasteiger partial charge in [-0.25, -0.2) is 4.39 Å². The van der Waals surface area contributed by atoms with Crippen molar-refractivity contribution in [2.75, 3.05) is 5.32 Å². The van der Waals surface area contributed by atoms with E-state index in [1.54, 1.807) is 16.8 Å². The average molecular weight is 233 g/mol.